The van der Waals surface area contributed by atoms with Gasteiger partial charge in [-0.1, -0.05) is 12.1 Å². The molecule has 5 heterocycles. The Balaban J connectivity index is 1.48. The number of pyridine rings is 2. The minimum absolute atomic E-state index is 0.0217. The second-order valence-corrected chi connectivity index (χ2v) is 9.44. The Hall–Kier alpha value is -4.14. The smallest absolute Gasteiger partial charge is 0.276 e. The first-order valence-corrected chi connectivity index (χ1v) is 12.5. The van der Waals surface area contributed by atoms with Crippen LogP contribution in [0.1, 0.15) is 31.7 Å². The number of para-hydroxylation sites is 1. The summed E-state index contributed by atoms with van der Waals surface area (Å²) in [7, 11) is 0. The lowest BCUT2D eigenvalue weighted by atomic mass is 10.1. The molecule has 4 bridgehead atoms. The van der Waals surface area contributed by atoms with Crippen LogP contribution in [0.3, 0.4) is 0 Å². The molecule has 2 aliphatic heterocycles. The lowest BCUT2D eigenvalue weighted by molar-refractivity contribution is 0.198. The van der Waals surface area contributed by atoms with E-state index in [0.717, 1.165) is 53.8 Å². The van der Waals surface area contributed by atoms with Crippen molar-refractivity contribution in [3.8, 4) is 5.88 Å². The molecule has 0 aliphatic carbocycles. The summed E-state index contributed by atoms with van der Waals surface area (Å²) in [6.07, 6.45) is 6.14. The Labute approximate surface area is 209 Å². The van der Waals surface area contributed by atoms with Crippen molar-refractivity contribution in [2.45, 2.75) is 45.8 Å². The zero-order valence-electron chi connectivity index (χ0n) is 20.5. The van der Waals surface area contributed by atoms with Gasteiger partial charge in [0, 0.05) is 49.2 Å². The van der Waals surface area contributed by atoms with Crippen LogP contribution in [0.15, 0.2) is 53.6 Å². The third-order valence-corrected chi connectivity index (χ3v) is 6.83. The molecule has 0 radical (unpaired) electrons. The van der Waals surface area contributed by atoms with Crippen molar-refractivity contribution in [2.75, 3.05) is 28.6 Å². The number of fused-ring (bicyclic) bond motifs is 4. The van der Waals surface area contributed by atoms with Gasteiger partial charge >= 0.3 is 0 Å². The van der Waals surface area contributed by atoms with Crippen LogP contribution in [0, 0.1) is 6.92 Å². The van der Waals surface area contributed by atoms with Gasteiger partial charge in [0.15, 0.2) is 0 Å². The van der Waals surface area contributed by atoms with Crippen molar-refractivity contribution in [3.05, 3.63) is 64.7 Å². The molecule has 36 heavy (non-hydrogen) atoms. The number of nitrogens with zero attached hydrogens (tertiary/aromatic N) is 5. The summed E-state index contributed by atoms with van der Waals surface area (Å²) in [6.45, 7) is 6.18. The van der Waals surface area contributed by atoms with Crippen LogP contribution in [0.5, 0.6) is 5.88 Å². The van der Waals surface area contributed by atoms with Gasteiger partial charge in [0.25, 0.3) is 5.56 Å². The molecule has 9 heteroatoms. The summed E-state index contributed by atoms with van der Waals surface area (Å²) in [6, 6.07) is 11.8. The first-order chi connectivity index (χ1) is 17.6. The number of hydrogen-bond donors (Lipinski definition) is 2. The maximum Gasteiger partial charge on any atom is 0.276 e. The van der Waals surface area contributed by atoms with E-state index < -0.39 is 0 Å². The fourth-order valence-electron chi connectivity index (χ4n) is 5.02. The van der Waals surface area contributed by atoms with Gasteiger partial charge < -0.3 is 20.3 Å². The van der Waals surface area contributed by atoms with Gasteiger partial charge in [-0.05, 0) is 56.9 Å². The minimum Gasteiger partial charge on any atom is -0.475 e. The molecule has 1 atom stereocenters. The number of aryl methyl sites for hydroxylation is 2. The number of aromatic nitrogens is 4. The van der Waals surface area contributed by atoms with Crippen molar-refractivity contribution in [3.63, 3.8) is 0 Å². The van der Waals surface area contributed by atoms with Crippen LogP contribution in [-0.4, -0.2) is 38.7 Å². The van der Waals surface area contributed by atoms with E-state index in [1.807, 2.05) is 35.8 Å². The van der Waals surface area contributed by atoms with Gasteiger partial charge in [-0.15, -0.1) is 0 Å². The fraction of sp³-hybridized carbons (Fsp3) is 0.333. The van der Waals surface area contributed by atoms with Crippen LogP contribution >= 0.6 is 0 Å². The maximum atomic E-state index is 14.0. The van der Waals surface area contributed by atoms with Gasteiger partial charge in [0.2, 0.25) is 11.8 Å². The molecule has 1 unspecified atom stereocenters. The van der Waals surface area contributed by atoms with E-state index in [0.29, 0.717) is 36.3 Å². The fourth-order valence-corrected chi connectivity index (χ4v) is 5.02. The highest BCUT2D eigenvalue weighted by Gasteiger charge is 2.24. The normalized spacial score (nSPS) is 17.5. The number of ether oxygens (including phenoxy) is 1. The van der Waals surface area contributed by atoms with Gasteiger partial charge in [-0.25, -0.2) is 9.97 Å². The topological polar surface area (TPSA) is 97.2 Å². The number of anilines is 5. The molecule has 2 aliphatic rings. The second-order valence-electron chi connectivity index (χ2n) is 9.44. The molecule has 0 spiro atoms. The first-order valence-electron chi connectivity index (χ1n) is 12.5. The van der Waals surface area contributed by atoms with Crippen molar-refractivity contribution in [2.24, 2.45) is 0 Å². The van der Waals surface area contributed by atoms with Crippen molar-refractivity contribution in [1.82, 2.24) is 19.5 Å². The summed E-state index contributed by atoms with van der Waals surface area (Å²) < 4.78 is 7.81. The largest absolute Gasteiger partial charge is 0.475 e. The molecule has 0 fully saturated rings. The second kappa shape index (κ2) is 9.14. The van der Waals surface area contributed by atoms with Crippen LogP contribution < -0.4 is 25.8 Å². The van der Waals surface area contributed by atoms with Gasteiger partial charge in [0.1, 0.15) is 11.3 Å². The van der Waals surface area contributed by atoms with Crippen molar-refractivity contribution in [1.29, 1.82) is 0 Å². The minimum atomic E-state index is -0.0379. The maximum absolute atomic E-state index is 14.0. The number of benzene rings is 1. The summed E-state index contributed by atoms with van der Waals surface area (Å²) in [5, 5.41) is 7.56. The summed E-state index contributed by atoms with van der Waals surface area (Å²) in [4.78, 5) is 29.7. The molecular formula is C27H29N7O2. The third kappa shape index (κ3) is 4.10. The highest BCUT2D eigenvalue weighted by molar-refractivity contribution is 5.85. The third-order valence-electron chi connectivity index (χ3n) is 6.83. The molecule has 9 nitrogen and oxygen atoms in total. The Kier molecular flexibility index (Phi) is 5.67. The van der Waals surface area contributed by atoms with E-state index in [-0.39, 0.29) is 11.7 Å². The van der Waals surface area contributed by atoms with Gasteiger partial charge in [-0.3, -0.25) is 9.36 Å². The van der Waals surface area contributed by atoms with Gasteiger partial charge in [0.05, 0.1) is 17.5 Å². The quantitative estimate of drug-likeness (QED) is 0.400. The Bertz CT molecular complexity index is 1500. The van der Waals surface area contributed by atoms with E-state index in [2.05, 4.69) is 44.6 Å². The van der Waals surface area contributed by atoms with E-state index in [9.17, 15) is 4.79 Å². The zero-order chi connectivity index (χ0) is 24.6. The molecule has 3 aromatic heterocycles. The lowest BCUT2D eigenvalue weighted by Crippen LogP contribution is -2.36. The van der Waals surface area contributed by atoms with Crippen LogP contribution in [0.25, 0.3) is 11.0 Å². The van der Waals surface area contributed by atoms with Crippen molar-refractivity contribution >= 4 is 39.7 Å². The Morgan fingerprint density at radius 3 is 2.92 bits per heavy atom. The number of nitrogens with one attached hydrogen (secondary N) is 2. The SMILES string of the molecule is Cc1cccc2c1NCCN2c1cc2cnc3nc2n(c1=O)CCCCC(C)Oc1cc(ccn1)N3. The summed E-state index contributed by atoms with van der Waals surface area (Å²) in [5.74, 6) is 0.993. The summed E-state index contributed by atoms with van der Waals surface area (Å²) in [5.41, 5.74) is 5.28. The van der Waals surface area contributed by atoms with Crippen LogP contribution in [-0.2, 0) is 6.54 Å². The molecule has 0 amide bonds. The average Bonchev–Trinajstić information content (AvgIpc) is 2.87. The van der Waals surface area contributed by atoms with Gasteiger partial charge in [-0.2, -0.15) is 4.98 Å². The summed E-state index contributed by atoms with van der Waals surface area (Å²) >= 11 is 0. The molecule has 4 aromatic rings. The number of hydrogen-bond acceptors (Lipinski definition) is 8. The van der Waals surface area contributed by atoms with E-state index in [4.69, 9.17) is 9.72 Å². The monoisotopic (exact) mass is 483 g/mol. The van der Waals surface area contributed by atoms with E-state index in [1.165, 1.54) is 0 Å². The standard InChI is InChI=1S/C27H29N7O2/c1-17-6-5-8-21-24(17)29-11-13-33(21)22-14-19-16-30-27-31-20-9-10-28-23(15-20)36-18(2)7-3-4-12-34(26(22)35)25(19)32-27/h5-6,8-10,14-16,18,29H,3-4,7,11-13H2,1-2H3,(H,30,31,32). The van der Waals surface area contributed by atoms with Crippen LogP contribution in [0.4, 0.5) is 28.7 Å². The molecule has 6 rings (SSSR count). The average molecular weight is 484 g/mol. The van der Waals surface area contributed by atoms with Crippen LogP contribution in [0.2, 0.25) is 0 Å². The molecular weight excluding hydrogens is 454 g/mol. The zero-order valence-corrected chi connectivity index (χ0v) is 20.5. The first kappa shape index (κ1) is 22.3. The highest BCUT2D eigenvalue weighted by atomic mass is 16.5. The molecule has 1 aromatic carbocycles. The molecule has 0 saturated heterocycles. The van der Waals surface area contributed by atoms with Crippen molar-refractivity contribution < 1.29 is 4.74 Å². The van der Waals surface area contributed by atoms with E-state index >= 15 is 0 Å². The molecule has 184 valence electrons. The molecule has 0 saturated carbocycles. The molecule has 2 N–H and O–H groups in total. The Morgan fingerprint density at radius 2 is 2.00 bits per heavy atom. The predicted octanol–water partition coefficient (Wildman–Crippen LogP) is 4.75. The highest BCUT2D eigenvalue weighted by Crippen LogP contribution is 2.36. The predicted molar refractivity (Wildman–Crippen MR) is 142 cm³/mol. The lowest BCUT2D eigenvalue weighted by Gasteiger charge is -2.33. The number of rotatable bonds is 1. The van der Waals surface area contributed by atoms with E-state index in [1.54, 1.807) is 12.4 Å². The Morgan fingerprint density at radius 1 is 1.08 bits per heavy atom.